The number of thiocarbonyl (C=S) groups is 1. The quantitative estimate of drug-likeness (QED) is 0.818. The normalized spacial score (nSPS) is 15.8. The van der Waals surface area contributed by atoms with Crippen molar-refractivity contribution in [3.63, 3.8) is 0 Å². The molecule has 0 aliphatic heterocycles. The SMILES string of the molecule is COc1ccc(NC(=S)NC2(c3ccc(C)cc3)CCCC2)cn1. The molecule has 0 unspecified atom stereocenters. The predicted octanol–water partition coefficient (Wildman–Crippen LogP) is 4.15. The molecule has 0 bridgehead atoms. The third-order valence-electron chi connectivity index (χ3n) is 4.62. The van der Waals surface area contributed by atoms with Crippen molar-refractivity contribution in [3.8, 4) is 5.88 Å². The molecule has 0 atom stereocenters. The van der Waals surface area contributed by atoms with Crippen LogP contribution in [0.4, 0.5) is 5.69 Å². The van der Waals surface area contributed by atoms with Gasteiger partial charge in [0.2, 0.25) is 5.88 Å². The van der Waals surface area contributed by atoms with E-state index in [1.54, 1.807) is 13.3 Å². The number of aromatic nitrogens is 1. The minimum atomic E-state index is -0.0717. The average Bonchev–Trinajstić information content (AvgIpc) is 3.05. The van der Waals surface area contributed by atoms with Crippen molar-refractivity contribution in [3.05, 3.63) is 53.7 Å². The zero-order valence-corrected chi connectivity index (χ0v) is 15.0. The van der Waals surface area contributed by atoms with Gasteiger partial charge in [0.25, 0.3) is 0 Å². The summed E-state index contributed by atoms with van der Waals surface area (Å²) >= 11 is 5.55. The Morgan fingerprint density at radius 3 is 2.42 bits per heavy atom. The van der Waals surface area contributed by atoms with Crippen LogP contribution in [0.3, 0.4) is 0 Å². The fraction of sp³-hybridized carbons (Fsp3) is 0.368. The van der Waals surface area contributed by atoms with Crippen LogP contribution < -0.4 is 15.4 Å². The van der Waals surface area contributed by atoms with Crippen molar-refractivity contribution < 1.29 is 4.74 Å². The van der Waals surface area contributed by atoms with E-state index in [2.05, 4.69) is 46.8 Å². The number of pyridine rings is 1. The summed E-state index contributed by atoms with van der Waals surface area (Å²) < 4.78 is 5.08. The van der Waals surface area contributed by atoms with Crippen molar-refractivity contribution in [2.24, 2.45) is 0 Å². The Kier molecular flexibility index (Phi) is 5.00. The number of nitrogens with zero attached hydrogens (tertiary/aromatic N) is 1. The van der Waals surface area contributed by atoms with Gasteiger partial charge in [-0.2, -0.15) is 0 Å². The maximum atomic E-state index is 5.55. The predicted molar refractivity (Wildman–Crippen MR) is 101 cm³/mol. The van der Waals surface area contributed by atoms with Crippen LogP contribution in [0.15, 0.2) is 42.6 Å². The van der Waals surface area contributed by atoms with Crippen molar-refractivity contribution >= 4 is 23.0 Å². The summed E-state index contributed by atoms with van der Waals surface area (Å²) in [5.41, 5.74) is 3.36. The fourth-order valence-electron chi connectivity index (χ4n) is 3.29. The number of rotatable bonds is 4. The highest BCUT2D eigenvalue weighted by atomic mass is 32.1. The van der Waals surface area contributed by atoms with Crippen molar-refractivity contribution in [1.29, 1.82) is 0 Å². The van der Waals surface area contributed by atoms with Crippen LogP contribution in [0.5, 0.6) is 5.88 Å². The molecule has 24 heavy (non-hydrogen) atoms. The molecule has 0 amide bonds. The largest absolute Gasteiger partial charge is 0.481 e. The zero-order valence-electron chi connectivity index (χ0n) is 14.1. The van der Waals surface area contributed by atoms with E-state index in [-0.39, 0.29) is 5.54 Å². The third kappa shape index (κ3) is 3.67. The van der Waals surface area contributed by atoms with Crippen LogP contribution in [0, 0.1) is 6.92 Å². The molecule has 0 radical (unpaired) electrons. The van der Waals surface area contributed by atoms with Crippen molar-refractivity contribution in [2.75, 3.05) is 12.4 Å². The molecule has 5 heteroatoms. The summed E-state index contributed by atoms with van der Waals surface area (Å²) in [4.78, 5) is 4.20. The lowest BCUT2D eigenvalue weighted by Gasteiger charge is -2.32. The Hall–Kier alpha value is -2.14. The second-order valence-corrected chi connectivity index (χ2v) is 6.73. The summed E-state index contributed by atoms with van der Waals surface area (Å²) in [6.07, 6.45) is 6.35. The molecule has 1 aliphatic carbocycles. The van der Waals surface area contributed by atoms with E-state index < -0.39 is 0 Å². The summed E-state index contributed by atoms with van der Waals surface area (Å²) in [5.74, 6) is 0.589. The van der Waals surface area contributed by atoms with E-state index >= 15 is 0 Å². The molecular weight excluding hydrogens is 318 g/mol. The van der Waals surface area contributed by atoms with Crippen molar-refractivity contribution in [1.82, 2.24) is 10.3 Å². The summed E-state index contributed by atoms with van der Waals surface area (Å²) in [6, 6.07) is 12.5. The number of anilines is 1. The molecule has 2 aromatic rings. The summed E-state index contributed by atoms with van der Waals surface area (Å²) in [6.45, 7) is 2.11. The third-order valence-corrected chi connectivity index (χ3v) is 4.82. The molecule has 0 spiro atoms. The number of benzene rings is 1. The van der Waals surface area contributed by atoms with Crippen LogP contribution in [0.25, 0.3) is 0 Å². The van der Waals surface area contributed by atoms with Crippen LogP contribution in [-0.2, 0) is 5.54 Å². The Morgan fingerprint density at radius 1 is 1.12 bits per heavy atom. The molecule has 1 saturated carbocycles. The molecule has 1 aliphatic rings. The van der Waals surface area contributed by atoms with E-state index in [0.717, 1.165) is 18.5 Å². The van der Waals surface area contributed by atoms with Gasteiger partial charge in [-0.1, -0.05) is 42.7 Å². The summed E-state index contributed by atoms with van der Waals surface area (Å²) in [5, 5.41) is 7.42. The molecule has 0 saturated heterocycles. The molecule has 1 aromatic carbocycles. The molecular formula is C19H23N3OS. The van der Waals surface area contributed by atoms with Gasteiger partial charge in [-0.15, -0.1) is 0 Å². The number of methoxy groups -OCH3 is 1. The van der Waals surface area contributed by atoms with Gasteiger partial charge >= 0.3 is 0 Å². The lowest BCUT2D eigenvalue weighted by atomic mass is 9.88. The fourth-order valence-corrected chi connectivity index (χ4v) is 3.60. The highest BCUT2D eigenvalue weighted by molar-refractivity contribution is 7.80. The van der Waals surface area contributed by atoms with Crippen molar-refractivity contribution in [2.45, 2.75) is 38.1 Å². The molecule has 1 heterocycles. The van der Waals surface area contributed by atoms with E-state index in [0.29, 0.717) is 11.0 Å². The Bertz CT molecular complexity index is 692. The smallest absolute Gasteiger partial charge is 0.213 e. The Labute approximate surface area is 148 Å². The van der Waals surface area contributed by atoms with Gasteiger partial charge < -0.3 is 15.4 Å². The van der Waals surface area contributed by atoms with E-state index in [9.17, 15) is 0 Å². The molecule has 4 nitrogen and oxygen atoms in total. The second-order valence-electron chi connectivity index (χ2n) is 6.32. The maximum Gasteiger partial charge on any atom is 0.213 e. The van der Waals surface area contributed by atoms with Gasteiger partial charge in [-0.3, -0.25) is 0 Å². The number of hydrogen-bond donors (Lipinski definition) is 2. The van der Waals surface area contributed by atoms with E-state index in [1.807, 2.05) is 12.1 Å². The second kappa shape index (κ2) is 7.18. The molecule has 3 rings (SSSR count). The van der Waals surface area contributed by atoms with Crippen LogP contribution >= 0.6 is 12.2 Å². The lowest BCUT2D eigenvalue weighted by Crippen LogP contribution is -2.45. The lowest BCUT2D eigenvalue weighted by molar-refractivity contribution is 0.398. The summed E-state index contributed by atoms with van der Waals surface area (Å²) in [7, 11) is 1.60. The minimum absolute atomic E-state index is 0.0717. The van der Waals surface area contributed by atoms with Gasteiger partial charge in [0.05, 0.1) is 24.5 Å². The minimum Gasteiger partial charge on any atom is -0.481 e. The van der Waals surface area contributed by atoms with Gasteiger partial charge in [0.15, 0.2) is 5.11 Å². The van der Waals surface area contributed by atoms with Crippen LogP contribution in [0.1, 0.15) is 36.8 Å². The first-order valence-corrected chi connectivity index (χ1v) is 8.68. The molecule has 2 N–H and O–H groups in total. The standard InChI is InChI=1S/C19H23N3OS/c1-14-5-7-15(8-6-14)19(11-3-4-12-19)22-18(24)21-16-9-10-17(23-2)20-13-16/h5-10,13H,3-4,11-12H2,1-2H3,(H2,21,22,24). The Balaban J connectivity index is 1.73. The molecule has 1 aromatic heterocycles. The number of nitrogens with one attached hydrogen (secondary N) is 2. The number of aryl methyl sites for hydroxylation is 1. The average molecular weight is 341 g/mol. The Morgan fingerprint density at radius 2 is 1.83 bits per heavy atom. The zero-order chi connectivity index (χ0) is 17.0. The van der Waals surface area contributed by atoms with Gasteiger partial charge in [0.1, 0.15) is 0 Å². The maximum absolute atomic E-state index is 5.55. The first-order valence-electron chi connectivity index (χ1n) is 8.28. The first kappa shape index (κ1) is 16.7. The van der Waals surface area contributed by atoms with Gasteiger partial charge in [-0.05, 0) is 43.6 Å². The van der Waals surface area contributed by atoms with Crippen LogP contribution in [-0.4, -0.2) is 17.2 Å². The monoisotopic (exact) mass is 341 g/mol. The van der Waals surface area contributed by atoms with Crippen LogP contribution in [0.2, 0.25) is 0 Å². The number of hydrogen-bond acceptors (Lipinski definition) is 3. The van der Waals surface area contributed by atoms with E-state index in [4.69, 9.17) is 17.0 Å². The van der Waals surface area contributed by atoms with Gasteiger partial charge in [0, 0.05) is 6.07 Å². The van der Waals surface area contributed by atoms with Gasteiger partial charge in [-0.25, -0.2) is 4.98 Å². The highest BCUT2D eigenvalue weighted by Gasteiger charge is 2.36. The molecule has 126 valence electrons. The molecule has 1 fully saturated rings. The van der Waals surface area contributed by atoms with E-state index in [1.165, 1.54) is 24.0 Å². The number of ether oxygens (including phenoxy) is 1. The topological polar surface area (TPSA) is 46.2 Å². The first-order chi connectivity index (χ1) is 11.6. The highest BCUT2D eigenvalue weighted by Crippen LogP contribution is 2.38.